The van der Waals surface area contributed by atoms with E-state index in [4.69, 9.17) is 14.2 Å². The molecule has 1 heterocycles. The molecular formula is C39H48Ac2N2O12. The van der Waals surface area contributed by atoms with E-state index in [0.29, 0.717) is 5.56 Å². The third kappa shape index (κ3) is 7.69. The van der Waals surface area contributed by atoms with E-state index >= 15 is 0 Å². The van der Waals surface area contributed by atoms with E-state index in [9.17, 15) is 44.7 Å². The van der Waals surface area contributed by atoms with Crippen LogP contribution in [0.1, 0.15) is 62.5 Å². The Kier molecular flexibility index (Phi) is 14.4. The van der Waals surface area contributed by atoms with Gasteiger partial charge in [-0.1, -0.05) is 62.4 Å². The summed E-state index contributed by atoms with van der Waals surface area (Å²) in [5.41, 5.74) is -7.06. The van der Waals surface area contributed by atoms with Gasteiger partial charge in [0.15, 0.2) is 11.9 Å². The fourth-order valence-corrected chi connectivity index (χ4v) is 8.99. The molecule has 55 heavy (non-hydrogen) atoms. The van der Waals surface area contributed by atoms with Gasteiger partial charge in [-0.25, -0.2) is 14.4 Å². The smallest absolute Gasteiger partial charge is 0.338 e. The van der Waals surface area contributed by atoms with Crippen LogP contribution in [0.2, 0.25) is 0 Å². The van der Waals surface area contributed by atoms with E-state index in [0.717, 1.165) is 0 Å². The molecule has 1 aliphatic heterocycles. The number of Topliss-reactive ketones (excluding diaryl/α,β-unsaturated/α-hetero) is 1. The number of ketones is 1. The first kappa shape index (κ1) is 46.4. The number of nitrogens with one attached hydrogen (secondary N) is 1. The Balaban J connectivity index is 0.00000336. The van der Waals surface area contributed by atoms with Crippen molar-refractivity contribution >= 4 is 23.8 Å². The molecule has 2 radical (unpaired) electrons. The van der Waals surface area contributed by atoms with Crippen LogP contribution < -0.4 is 5.32 Å². The molecule has 14 nitrogen and oxygen atoms in total. The molecule has 6 N–H and O–H groups in total. The molecule has 0 aromatic heterocycles. The average molecular weight is 1190 g/mol. The Morgan fingerprint density at radius 1 is 0.945 bits per heavy atom. The van der Waals surface area contributed by atoms with Gasteiger partial charge in [0.25, 0.3) is 0 Å². The monoisotopic (exact) mass is 1190 g/mol. The molecule has 292 valence electrons. The van der Waals surface area contributed by atoms with Gasteiger partial charge in [0, 0.05) is 126 Å². The number of nitrogens with zero attached hydrogens (tertiary/aromatic N) is 1. The summed E-state index contributed by atoms with van der Waals surface area (Å²) in [6.07, 6.45) is -10.2. The summed E-state index contributed by atoms with van der Waals surface area (Å²) in [6, 6.07) is 14.3. The molecule has 16 heteroatoms. The number of esters is 2. The van der Waals surface area contributed by atoms with E-state index in [1.807, 2.05) is 0 Å². The van der Waals surface area contributed by atoms with Gasteiger partial charge in [-0.3, -0.25) is 4.79 Å². The van der Waals surface area contributed by atoms with Gasteiger partial charge < -0.3 is 50.0 Å². The maximum atomic E-state index is 14.7. The second kappa shape index (κ2) is 17.1. The van der Waals surface area contributed by atoms with Crippen molar-refractivity contribution < 1.29 is 147 Å². The van der Waals surface area contributed by atoms with Gasteiger partial charge >= 0.3 is 18.0 Å². The Morgan fingerprint density at radius 2 is 1.53 bits per heavy atom. The number of benzene rings is 2. The molecular weight excluding hydrogens is 1140 g/mol. The number of ether oxygens (including phenoxy) is 3. The van der Waals surface area contributed by atoms with E-state index < -0.39 is 101 Å². The van der Waals surface area contributed by atoms with Gasteiger partial charge in [-0.05, 0) is 42.7 Å². The summed E-state index contributed by atoms with van der Waals surface area (Å²) in [4.78, 5) is 56.4. The first-order chi connectivity index (χ1) is 24.8. The molecule has 2 aromatic carbocycles. The molecule has 3 aliphatic carbocycles. The van der Waals surface area contributed by atoms with Crippen molar-refractivity contribution in [1.82, 2.24) is 10.2 Å². The standard InChI is InChI=1S/C39H48N2O12.2Ac/c1-20-23(52-34(47)29(44)27(40-35(48)41(5)6)21-13-9-7-10-14-21)18-39(50)32(53-33(46)22-15-11-8-12-16-22)30-37(4,24(42)17-25-38(30,49)19-51-25)31(45)28(43)26(20)36(39,2)3;;/h7-16,23-25,27-30,32,42-44,49-50H,17-19H2,1-6H3,(H,40,48);;/t23?,24?,25?,27?,28?,29?,30?,32?,37-,38+,39?;;/m1../s1. The SMILES string of the molecule is CC1=C2C(O)C(=O)[C@]3(C)C(O)CC4OC[C@@]4(O)C3C(OC(=O)c3ccccc3)C(O)(CC1OC(=O)C(O)C(NC(=O)N(C)C)c1ccccc1)C2(C)C.[Ac].[Ac]. The van der Waals surface area contributed by atoms with Crippen LogP contribution in [0, 0.1) is 105 Å². The second-order valence-electron chi connectivity index (χ2n) is 15.7. The summed E-state index contributed by atoms with van der Waals surface area (Å²) in [5.74, 6) is -4.48. The Labute approximate surface area is 391 Å². The molecule has 1 saturated heterocycles. The van der Waals surface area contributed by atoms with E-state index in [-0.39, 0.29) is 118 Å². The Hall–Kier alpha value is -1.30. The van der Waals surface area contributed by atoms with Gasteiger partial charge in [0.2, 0.25) is 0 Å². The first-order valence-electron chi connectivity index (χ1n) is 17.7. The maximum Gasteiger partial charge on any atom is 0.338 e. The van der Waals surface area contributed by atoms with Crippen LogP contribution in [0.3, 0.4) is 0 Å². The molecule has 2 amide bonds. The van der Waals surface area contributed by atoms with Crippen LogP contribution in [-0.4, -0.2) is 123 Å². The molecule has 3 fully saturated rings. The number of hydrogen-bond acceptors (Lipinski definition) is 12. The van der Waals surface area contributed by atoms with Crippen molar-refractivity contribution in [2.45, 2.75) is 94.4 Å². The largest absolute Gasteiger partial charge is 0.456 e. The molecule has 4 aliphatic rings. The number of rotatable bonds is 7. The van der Waals surface area contributed by atoms with Crippen molar-refractivity contribution in [2.24, 2.45) is 16.7 Å². The summed E-state index contributed by atoms with van der Waals surface area (Å²) in [6.45, 7) is 5.71. The maximum absolute atomic E-state index is 14.7. The van der Waals surface area contributed by atoms with E-state index in [1.165, 1.54) is 45.0 Å². The molecule has 2 aromatic rings. The van der Waals surface area contributed by atoms with Gasteiger partial charge in [0.1, 0.15) is 29.5 Å². The van der Waals surface area contributed by atoms with Crippen LogP contribution >= 0.6 is 0 Å². The Bertz CT molecular complexity index is 1810. The van der Waals surface area contributed by atoms with Crippen molar-refractivity contribution in [1.29, 1.82) is 0 Å². The number of urea groups is 1. The molecule has 2 bridgehead atoms. The number of amides is 2. The number of carbonyl (C=O) groups is 4. The van der Waals surface area contributed by atoms with Crippen molar-refractivity contribution in [3.05, 3.63) is 82.9 Å². The third-order valence-corrected chi connectivity index (χ3v) is 12.3. The quantitative estimate of drug-likeness (QED) is 0.172. The number of hydrogen-bond donors (Lipinski definition) is 6. The zero-order valence-electron chi connectivity index (χ0n) is 31.7. The summed E-state index contributed by atoms with van der Waals surface area (Å²) in [7, 11) is 2.98. The summed E-state index contributed by atoms with van der Waals surface area (Å²) >= 11 is 0. The van der Waals surface area contributed by atoms with Crippen molar-refractivity contribution in [2.75, 3.05) is 20.7 Å². The van der Waals surface area contributed by atoms with Crippen molar-refractivity contribution in [3.63, 3.8) is 0 Å². The molecule has 0 spiro atoms. The number of fused-ring (bicyclic) bond motifs is 5. The van der Waals surface area contributed by atoms with Crippen LogP contribution in [-0.2, 0) is 23.8 Å². The first-order valence-corrected chi connectivity index (χ1v) is 17.7. The molecule has 2 saturated carbocycles. The zero-order valence-corrected chi connectivity index (χ0v) is 41.2. The molecule has 6 rings (SSSR count). The minimum absolute atomic E-state index is 0. The normalized spacial score (nSPS) is 34.3. The van der Waals surface area contributed by atoms with E-state index in [2.05, 4.69) is 5.32 Å². The van der Waals surface area contributed by atoms with Crippen LogP contribution in [0.25, 0.3) is 0 Å². The number of aliphatic hydroxyl groups excluding tert-OH is 3. The number of carbonyl (C=O) groups excluding carboxylic acids is 4. The number of aliphatic hydroxyl groups is 5. The minimum Gasteiger partial charge on any atom is -0.456 e. The van der Waals surface area contributed by atoms with Crippen molar-refractivity contribution in [3.8, 4) is 0 Å². The summed E-state index contributed by atoms with van der Waals surface area (Å²) < 4.78 is 17.8. The van der Waals surface area contributed by atoms with Crippen LogP contribution in [0.4, 0.5) is 4.79 Å². The summed E-state index contributed by atoms with van der Waals surface area (Å²) in [5, 5.41) is 63.1. The predicted octanol–water partition coefficient (Wildman–Crippen LogP) is 1.44. The third-order valence-electron chi connectivity index (χ3n) is 12.3. The van der Waals surface area contributed by atoms with E-state index in [1.54, 1.807) is 62.4 Å². The van der Waals surface area contributed by atoms with Gasteiger partial charge in [-0.2, -0.15) is 0 Å². The molecule has 9 unspecified atom stereocenters. The Morgan fingerprint density at radius 3 is 2.07 bits per heavy atom. The predicted molar refractivity (Wildman–Crippen MR) is 187 cm³/mol. The second-order valence-corrected chi connectivity index (χ2v) is 15.7. The molecule has 11 atom stereocenters. The topological polar surface area (TPSA) is 212 Å². The average Bonchev–Trinajstić information content (AvgIpc) is 3.12. The van der Waals surface area contributed by atoms with Crippen LogP contribution in [0.15, 0.2) is 71.8 Å². The zero-order chi connectivity index (χ0) is 38.8. The van der Waals surface area contributed by atoms with Gasteiger partial charge in [0.05, 0.1) is 35.8 Å². The van der Waals surface area contributed by atoms with Crippen LogP contribution in [0.5, 0.6) is 0 Å². The fraction of sp³-hybridized carbons (Fsp3) is 0.538. The fourth-order valence-electron chi connectivity index (χ4n) is 8.99. The van der Waals surface area contributed by atoms with Gasteiger partial charge in [-0.15, -0.1) is 0 Å². The minimum atomic E-state index is -2.29.